The van der Waals surface area contributed by atoms with Gasteiger partial charge in [-0.2, -0.15) is 0 Å². The summed E-state index contributed by atoms with van der Waals surface area (Å²) in [7, 11) is 0. The summed E-state index contributed by atoms with van der Waals surface area (Å²) in [6.45, 7) is 7.88. The zero-order valence-electron chi connectivity index (χ0n) is 16.3. The highest BCUT2D eigenvalue weighted by Crippen LogP contribution is 2.29. The van der Waals surface area contributed by atoms with E-state index in [1.807, 2.05) is 33.8 Å². The van der Waals surface area contributed by atoms with E-state index < -0.39 is 5.60 Å². The summed E-state index contributed by atoms with van der Waals surface area (Å²) in [5, 5.41) is 11.4. The summed E-state index contributed by atoms with van der Waals surface area (Å²) in [5.74, 6) is 7.02. The van der Waals surface area contributed by atoms with E-state index in [4.69, 9.17) is 4.74 Å². The topological polar surface area (TPSA) is 81.0 Å². The normalized spacial score (nSPS) is 13.2. The lowest BCUT2D eigenvalue weighted by Crippen LogP contribution is -2.27. The fourth-order valence-electron chi connectivity index (χ4n) is 2.34. The third kappa shape index (κ3) is 4.70. The molecule has 0 fully saturated rings. The second kappa shape index (κ2) is 7.75. The van der Waals surface area contributed by atoms with Gasteiger partial charge < -0.3 is 9.84 Å². The molecule has 3 aromatic rings. The van der Waals surface area contributed by atoms with E-state index in [1.165, 1.54) is 24.9 Å². The van der Waals surface area contributed by atoms with Crippen LogP contribution in [0.2, 0.25) is 0 Å². The molecule has 142 valence electrons. The van der Waals surface area contributed by atoms with Gasteiger partial charge in [0.2, 0.25) is 5.88 Å². The number of pyridine rings is 2. The lowest BCUT2D eigenvalue weighted by molar-refractivity contribution is 0.139. The molecule has 0 spiro atoms. The SMILES string of the molecule is Cc1ccc(Oc2ccc(C(O)(C#CC(C)(C)C)c3cncnc3)nc2)nc1. The van der Waals surface area contributed by atoms with Crippen LogP contribution in [0.5, 0.6) is 11.6 Å². The van der Waals surface area contributed by atoms with Crippen molar-refractivity contribution in [3.63, 3.8) is 0 Å². The molecule has 1 atom stereocenters. The van der Waals surface area contributed by atoms with Gasteiger partial charge in [0, 0.05) is 35.6 Å². The molecular weight excluding hydrogens is 352 g/mol. The van der Waals surface area contributed by atoms with Crippen molar-refractivity contribution in [2.75, 3.05) is 0 Å². The maximum absolute atomic E-state index is 11.4. The molecule has 6 nitrogen and oxygen atoms in total. The van der Waals surface area contributed by atoms with Crippen LogP contribution in [-0.2, 0) is 5.60 Å². The smallest absolute Gasteiger partial charge is 0.219 e. The lowest BCUT2D eigenvalue weighted by Gasteiger charge is -2.22. The van der Waals surface area contributed by atoms with Crippen LogP contribution >= 0.6 is 0 Å². The Labute approximate surface area is 164 Å². The van der Waals surface area contributed by atoms with Crippen LogP contribution in [0.25, 0.3) is 0 Å². The largest absolute Gasteiger partial charge is 0.437 e. The second-order valence-electron chi connectivity index (χ2n) is 7.49. The number of ether oxygens (including phenoxy) is 1. The molecule has 3 heterocycles. The summed E-state index contributed by atoms with van der Waals surface area (Å²) < 4.78 is 5.70. The Morgan fingerprint density at radius 1 is 0.893 bits per heavy atom. The average molecular weight is 374 g/mol. The maximum atomic E-state index is 11.4. The van der Waals surface area contributed by atoms with E-state index >= 15 is 0 Å². The Morgan fingerprint density at radius 3 is 2.21 bits per heavy atom. The summed E-state index contributed by atoms with van der Waals surface area (Å²) in [6.07, 6.45) is 7.73. The van der Waals surface area contributed by atoms with Crippen LogP contribution in [0.4, 0.5) is 0 Å². The minimum Gasteiger partial charge on any atom is -0.437 e. The zero-order valence-corrected chi connectivity index (χ0v) is 16.3. The van der Waals surface area contributed by atoms with Crippen molar-refractivity contribution in [1.82, 2.24) is 19.9 Å². The van der Waals surface area contributed by atoms with E-state index in [0.29, 0.717) is 22.9 Å². The molecule has 1 N–H and O–H groups in total. The number of aryl methyl sites for hydroxylation is 1. The molecule has 6 heteroatoms. The predicted octanol–water partition coefficient (Wildman–Crippen LogP) is 3.65. The Balaban J connectivity index is 1.94. The Bertz CT molecular complexity index is 985. The van der Waals surface area contributed by atoms with E-state index in [0.717, 1.165) is 5.56 Å². The van der Waals surface area contributed by atoms with E-state index in [-0.39, 0.29) is 5.41 Å². The molecule has 0 aliphatic carbocycles. The van der Waals surface area contributed by atoms with Crippen LogP contribution in [0, 0.1) is 24.2 Å². The third-order valence-electron chi connectivity index (χ3n) is 3.81. The van der Waals surface area contributed by atoms with E-state index in [9.17, 15) is 5.11 Å². The number of nitrogens with zero attached hydrogens (tertiary/aromatic N) is 4. The summed E-state index contributed by atoms with van der Waals surface area (Å²) in [4.78, 5) is 16.6. The summed E-state index contributed by atoms with van der Waals surface area (Å²) >= 11 is 0. The molecule has 0 aliphatic rings. The molecule has 3 rings (SSSR count). The number of hydrogen-bond donors (Lipinski definition) is 1. The highest BCUT2D eigenvalue weighted by atomic mass is 16.5. The molecule has 0 radical (unpaired) electrons. The standard InChI is InChI=1S/C22H22N4O2/c1-16-5-8-20(26-11-16)28-18-6-7-19(25-14-18)22(27,10-9-21(2,3)4)17-12-23-15-24-13-17/h5-8,11-15,27H,1-4H3. The first kappa shape index (κ1) is 19.5. The fourth-order valence-corrected chi connectivity index (χ4v) is 2.34. The zero-order chi connectivity index (χ0) is 20.2. The number of rotatable bonds is 4. The average Bonchev–Trinajstić information content (AvgIpc) is 2.69. The van der Waals surface area contributed by atoms with Gasteiger partial charge >= 0.3 is 0 Å². The Kier molecular flexibility index (Phi) is 5.39. The minimum absolute atomic E-state index is 0.288. The van der Waals surface area contributed by atoms with Crippen LogP contribution in [0.15, 0.2) is 55.4 Å². The van der Waals surface area contributed by atoms with Gasteiger partial charge in [0.05, 0.1) is 11.9 Å². The number of hydrogen-bond acceptors (Lipinski definition) is 6. The van der Waals surface area contributed by atoms with Gasteiger partial charge in [0.1, 0.15) is 12.1 Å². The number of aliphatic hydroxyl groups is 1. The second-order valence-corrected chi connectivity index (χ2v) is 7.49. The summed E-state index contributed by atoms with van der Waals surface area (Å²) in [6, 6.07) is 7.10. The lowest BCUT2D eigenvalue weighted by atomic mass is 9.89. The van der Waals surface area contributed by atoms with Crippen LogP contribution in [-0.4, -0.2) is 25.0 Å². The van der Waals surface area contributed by atoms with Gasteiger partial charge in [-0.25, -0.2) is 15.0 Å². The van der Waals surface area contributed by atoms with Crippen LogP contribution in [0.1, 0.15) is 37.6 Å². The number of aromatic nitrogens is 4. The van der Waals surface area contributed by atoms with Crippen molar-refractivity contribution < 1.29 is 9.84 Å². The molecule has 0 saturated carbocycles. The van der Waals surface area contributed by atoms with Gasteiger partial charge in [0.25, 0.3) is 0 Å². The van der Waals surface area contributed by atoms with Crippen LogP contribution < -0.4 is 4.74 Å². The quantitative estimate of drug-likeness (QED) is 0.702. The van der Waals surface area contributed by atoms with Gasteiger partial charge in [-0.3, -0.25) is 4.98 Å². The molecular formula is C22H22N4O2. The van der Waals surface area contributed by atoms with Crippen molar-refractivity contribution in [2.45, 2.75) is 33.3 Å². The van der Waals surface area contributed by atoms with Gasteiger partial charge in [-0.1, -0.05) is 17.9 Å². The molecule has 0 bridgehead atoms. The molecule has 0 saturated heterocycles. The molecule has 1 unspecified atom stereocenters. The highest BCUT2D eigenvalue weighted by Gasteiger charge is 2.32. The molecule has 0 amide bonds. The predicted molar refractivity (Wildman–Crippen MR) is 106 cm³/mol. The first-order valence-electron chi connectivity index (χ1n) is 8.85. The van der Waals surface area contributed by atoms with Crippen molar-refractivity contribution in [3.05, 3.63) is 72.2 Å². The third-order valence-corrected chi connectivity index (χ3v) is 3.81. The highest BCUT2D eigenvalue weighted by molar-refractivity contribution is 5.41. The summed E-state index contributed by atoms with van der Waals surface area (Å²) in [5.41, 5.74) is -0.0522. The molecule has 0 aliphatic heterocycles. The van der Waals surface area contributed by atoms with Crippen molar-refractivity contribution in [3.8, 4) is 23.5 Å². The van der Waals surface area contributed by atoms with Gasteiger partial charge in [-0.15, -0.1) is 0 Å². The Hall–Kier alpha value is -3.30. The van der Waals surface area contributed by atoms with Gasteiger partial charge in [-0.05, 0) is 45.4 Å². The first-order valence-corrected chi connectivity index (χ1v) is 8.85. The van der Waals surface area contributed by atoms with Crippen LogP contribution in [0.3, 0.4) is 0 Å². The Morgan fingerprint density at radius 2 is 1.64 bits per heavy atom. The molecule has 28 heavy (non-hydrogen) atoms. The van der Waals surface area contributed by atoms with Crippen molar-refractivity contribution >= 4 is 0 Å². The van der Waals surface area contributed by atoms with Crippen molar-refractivity contribution in [2.24, 2.45) is 5.41 Å². The maximum Gasteiger partial charge on any atom is 0.219 e. The minimum atomic E-state index is -1.63. The monoisotopic (exact) mass is 374 g/mol. The van der Waals surface area contributed by atoms with Gasteiger partial charge in [0.15, 0.2) is 5.60 Å². The first-order chi connectivity index (χ1) is 13.3. The van der Waals surface area contributed by atoms with Crippen molar-refractivity contribution in [1.29, 1.82) is 0 Å². The van der Waals surface area contributed by atoms with E-state index in [1.54, 1.807) is 24.4 Å². The fraction of sp³-hybridized carbons (Fsp3) is 0.273. The molecule has 3 aromatic heterocycles. The molecule has 0 aromatic carbocycles. The van der Waals surface area contributed by atoms with E-state index in [2.05, 4.69) is 31.8 Å².